The van der Waals surface area contributed by atoms with Crippen LogP contribution in [-0.2, 0) is 24.1 Å². The summed E-state index contributed by atoms with van der Waals surface area (Å²) in [7, 11) is 0. The molecule has 0 spiro atoms. The van der Waals surface area contributed by atoms with Crippen LogP contribution in [0.15, 0.2) is 34.9 Å². The summed E-state index contributed by atoms with van der Waals surface area (Å²) in [5.74, 6) is 1.04. The first kappa shape index (κ1) is 15.2. The van der Waals surface area contributed by atoms with E-state index in [0.717, 1.165) is 5.56 Å². The number of nitrogens with two attached hydrogens (primary N) is 1. The first-order valence-electron chi connectivity index (χ1n) is 7.07. The fourth-order valence-corrected chi connectivity index (χ4v) is 1.92. The van der Waals surface area contributed by atoms with E-state index in [2.05, 4.69) is 15.5 Å². The van der Waals surface area contributed by atoms with Gasteiger partial charge in [-0.15, -0.1) is 0 Å². The van der Waals surface area contributed by atoms with Crippen LogP contribution in [0.4, 0.5) is 0 Å². The van der Waals surface area contributed by atoms with Crippen molar-refractivity contribution in [2.24, 2.45) is 5.73 Å². The molecule has 1 aromatic heterocycles. The molecule has 0 radical (unpaired) electrons. The standard InChI is InChI=1S/C15H20N4O2/c1-2-14-18-13(19-21-14)8-9-17-15(20)12(16)10-11-6-4-3-5-7-11/h3-7,12H,2,8-10,16H2,1H3,(H,17,20)/t12-/m0/s1. The Labute approximate surface area is 123 Å². The van der Waals surface area contributed by atoms with Gasteiger partial charge in [0, 0.05) is 19.4 Å². The number of hydrogen-bond donors (Lipinski definition) is 2. The average Bonchev–Trinajstić information content (AvgIpc) is 2.96. The minimum atomic E-state index is -0.552. The molecule has 3 N–H and O–H groups in total. The van der Waals surface area contributed by atoms with Gasteiger partial charge < -0.3 is 15.6 Å². The van der Waals surface area contributed by atoms with Crippen LogP contribution in [0.1, 0.15) is 24.2 Å². The van der Waals surface area contributed by atoms with Crippen molar-refractivity contribution in [1.29, 1.82) is 0 Å². The first-order valence-corrected chi connectivity index (χ1v) is 7.07. The summed E-state index contributed by atoms with van der Waals surface area (Å²) >= 11 is 0. The third kappa shape index (κ3) is 4.68. The molecule has 2 rings (SSSR count). The summed E-state index contributed by atoms with van der Waals surface area (Å²) in [6, 6.07) is 9.16. The van der Waals surface area contributed by atoms with E-state index in [-0.39, 0.29) is 5.91 Å². The second kappa shape index (κ2) is 7.54. The van der Waals surface area contributed by atoms with Crippen molar-refractivity contribution in [3.05, 3.63) is 47.6 Å². The zero-order chi connectivity index (χ0) is 15.1. The quantitative estimate of drug-likeness (QED) is 0.788. The Morgan fingerprint density at radius 2 is 2.14 bits per heavy atom. The lowest BCUT2D eigenvalue weighted by Gasteiger charge is -2.11. The van der Waals surface area contributed by atoms with Crippen LogP contribution < -0.4 is 11.1 Å². The summed E-state index contributed by atoms with van der Waals surface area (Å²) in [5, 5.41) is 6.62. The van der Waals surface area contributed by atoms with Crippen molar-refractivity contribution in [1.82, 2.24) is 15.5 Å². The number of nitrogens with one attached hydrogen (secondary N) is 1. The number of aryl methyl sites for hydroxylation is 1. The molecule has 21 heavy (non-hydrogen) atoms. The van der Waals surface area contributed by atoms with Gasteiger partial charge in [0.25, 0.3) is 0 Å². The van der Waals surface area contributed by atoms with E-state index in [4.69, 9.17) is 10.3 Å². The summed E-state index contributed by atoms with van der Waals surface area (Å²) < 4.78 is 5.00. The first-order chi connectivity index (χ1) is 10.2. The monoisotopic (exact) mass is 288 g/mol. The van der Waals surface area contributed by atoms with Crippen LogP contribution in [0.2, 0.25) is 0 Å². The second-order valence-electron chi connectivity index (χ2n) is 4.80. The molecule has 1 amide bonds. The molecule has 1 atom stereocenters. The molecule has 0 saturated carbocycles. The van der Waals surface area contributed by atoms with Crippen molar-refractivity contribution in [3.63, 3.8) is 0 Å². The molecule has 0 aliphatic carbocycles. The number of carbonyl (C=O) groups is 1. The number of carbonyl (C=O) groups excluding carboxylic acids is 1. The smallest absolute Gasteiger partial charge is 0.237 e. The predicted molar refractivity (Wildman–Crippen MR) is 78.5 cm³/mol. The fourth-order valence-electron chi connectivity index (χ4n) is 1.92. The molecular formula is C15H20N4O2. The zero-order valence-corrected chi connectivity index (χ0v) is 12.1. The number of rotatable bonds is 7. The van der Waals surface area contributed by atoms with E-state index in [1.165, 1.54) is 0 Å². The van der Waals surface area contributed by atoms with Gasteiger partial charge in [0.15, 0.2) is 5.82 Å². The summed E-state index contributed by atoms with van der Waals surface area (Å²) in [6.45, 7) is 2.39. The highest BCUT2D eigenvalue weighted by molar-refractivity contribution is 5.81. The third-order valence-electron chi connectivity index (χ3n) is 3.10. The molecule has 0 saturated heterocycles. The highest BCUT2D eigenvalue weighted by atomic mass is 16.5. The molecule has 6 heteroatoms. The maximum atomic E-state index is 11.9. The van der Waals surface area contributed by atoms with Crippen molar-refractivity contribution >= 4 is 5.91 Å². The molecule has 2 aromatic rings. The van der Waals surface area contributed by atoms with Crippen LogP contribution in [-0.4, -0.2) is 28.6 Å². The lowest BCUT2D eigenvalue weighted by atomic mass is 10.1. The second-order valence-corrected chi connectivity index (χ2v) is 4.80. The molecule has 0 bridgehead atoms. The number of hydrogen-bond acceptors (Lipinski definition) is 5. The van der Waals surface area contributed by atoms with Gasteiger partial charge in [-0.1, -0.05) is 42.4 Å². The van der Waals surface area contributed by atoms with Gasteiger partial charge in [0.2, 0.25) is 11.8 Å². The number of amides is 1. The van der Waals surface area contributed by atoms with Crippen molar-refractivity contribution < 1.29 is 9.32 Å². The van der Waals surface area contributed by atoms with E-state index in [1.807, 2.05) is 37.3 Å². The number of aromatic nitrogens is 2. The van der Waals surface area contributed by atoms with Crippen LogP contribution in [0.5, 0.6) is 0 Å². The largest absolute Gasteiger partial charge is 0.354 e. The Kier molecular flexibility index (Phi) is 5.45. The van der Waals surface area contributed by atoms with Gasteiger partial charge in [-0.3, -0.25) is 4.79 Å². The van der Waals surface area contributed by atoms with Crippen molar-refractivity contribution in [2.75, 3.05) is 6.54 Å². The molecular weight excluding hydrogens is 268 g/mol. The van der Waals surface area contributed by atoms with Crippen molar-refractivity contribution in [3.8, 4) is 0 Å². The maximum Gasteiger partial charge on any atom is 0.237 e. The summed E-state index contributed by atoms with van der Waals surface area (Å²) in [5.41, 5.74) is 6.94. The highest BCUT2D eigenvalue weighted by Gasteiger charge is 2.14. The van der Waals surface area contributed by atoms with Gasteiger partial charge >= 0.3 is 0 Å². The lowest BCUT2D eigenvalue weighted by molar-refractivity contribution is -0.122. The van der Waals surface area contributed by atoms with Gasteiger partial charge in [0.1, 0.15) is 0 Å². The third-order valence-corrected chi connectivity index (χ3v) is 3.10. The molecule has 0 aliphatic rings. The molecule has 1 aromatic carbocycles. The van der Waals surface area contributed by atoms with Crippen LogP contribution in [0.25, 0.3) is 0 Å². The molecule has 1 heterocycles. The van der Waals surface area contributed by atoms with Crippen LogP contribution in [0, 0.1) is 0 Å². The Hall–Kier alpha value is -2.21. The normalized spacial score (nSPS) is 12.1. The van der Waals surface area contributed by atoms with E-state index >= 15 is 0 Å². The SMILES string of the molecule is CCc1nc(CCNC(=O)[C@@H](N)Cc2ccccc2)no1. The Morgan fingerprint density at radius 3 is 2.81 bits per heavy atom. The Morgan fingerprint density at radius 1 is 1.38 bits per heavy atom. The lowest BCUT2D eigenvalue weighted by Crippen LogP contribution is -2.42. The zero-order valence-electron chi connectivity index (χ0n) is 12.1. The summed E-state index contributed by atoms with van der Waals surface area (Å²) in [4.78, 5) is 16.1. The van der Waals surface area contributed by atoms with Gasteiger partial charge in [-0.2, -0.15) is 4.98 Å². The highest BCUT2D eigenvalue weighted by Crippen LogP contribution is 2.02. The molecule has 0 unspecified atom stereocenters. The fraction of sp³-hybridized carbons (Fsp3) is 0.400. The average molecular weight is 288 g/mol. The molecule has 112 valence electrons. The predicted octanol–water partition coefficient (Wildman–Crippen LogP) is 0.861. The summed E-state index contributed by atoms with van der Waals surface area (Å²) in [6.07, 6.45) is 1.77. The van der Waals surface area contributed by atoms with Crippen LogP contribution >= 0.6 is 0 Å². The van der Waals surface area contributed by atoms with Crippen molar-refractivity contribution in [2.45, 2.75) is 32.2 Å². The molecule has 0 fully saturated rings. The van der Waals surface area contributed by atoms with Gasteiger partial charge in [-0.05, 0) is 12.0 Å². The van der Waals surface area contributed by atoms with E-state index in [0.29, 0.717) is 37.5 Å². The molecule has 0 aliphatic heterocycles. The topological polar surface area (TPSA) is 94.0 Å². The van der Waals surface area contributed by atoms with Gasteiger partial charge in [0.05, 0.1) is 6.04 Å². The maximum absolute atomic E-state index is 11.9. The van der Waals surface area contributed by atoms with E-state index in [1.54, 1.807) is 0 Å². The number of benzene rings is 1. The Balaban J connectivity index is 1.73. The van der Waals surface area contributed by atoms with Gasteiger partial charge in [-0.25, -0.2) is 0 Å². The van der Waals surface area contributed by atoms with Crippen LogP contribution in [0.3, 0.4) is 0 Å². The van der Waals surface area contributed by atoms with E-state index < -0.39 is 6.04 Å². The minimum absolute atomic E-state index is 0.168. The Bertz CT molecular complexity index is 568. The minimum Gasteiger partial charge on any atom is -0.354 e. The van der Waals surface area contributed by atoms with E-state index in [9.17, 15) is 4.79 Å². The molecule has 6 nitrogen and oxygen atoms in total. The number of nitrogens with zero attached hydrogens (tertiary/aromatic N) is 2.